The average Bonchev–Trinajstić information content (AvgIpc) is 2.59. The van der Waals surface area contributed by atoms with Gasteiger partial charge < -0.3 is 14.8 Å². The van der Waals surface area contributed by atoms with E-state index in [0.29, 0.717) is 5.58 Å². The summed E-state index contributed by atoms with van der Waals surface area (Å²) >= 11 is 0. The minimum atomic E-state index is -0.950. The minimum absolute atomic E-state index is 0.203. The van der Waals surface area contributed by atoms with Crippen LogP contribution < -0.4 is 5.32 Å². The maximum Gasteiger partial charge on any atom is 0.323 e. The third-order valence-electron chi connectivity index (χ3n) is 2.00. The van der Waals surface area contributed by atoms with Crippen molar-refractivity contribution in [3.63, 3.8) is 0 Å². The van der Waals surface area contributed by atoms with Gasteiger partial charge in [-0.15, -0.1) is 0 Å². The van der Waals surface area contributed by atoms with E-state index in [1.165, 1.54) is 0 Å². The summed E-state index contributed by atoms with van der Waals surface area (Å²) in [5.41, 5.74) is 2.39. The van der Waals surface area contributed by atoms with E-state index in [0.717, 1.165) is 11.1 Å². The number of para-hydroxylation sites is 1. The molecule has 5 heteroatoms. The Labute approximate surface area is 85.7 Å². The van der Waals surface area contributed by atoms with Crippen molar-refractivity contribution in [2.24, 2.45) is 0 Å². The van der Waals surface area contributed by atoms with Crippen LogP contribution in [0, 0.1) is 6.92 Å². The van der Waals surface area contributed by atoms with Crippen LogP contribution in [0.2, 0.25) is 0 Å². The van der Waals surface area contributed by atoms with E-state index in [9.17, 15) is 4.79 Å². The molecule has 0 saturated heterocycles. The highest BCUT2D eigenvalue weighted by Crippen LogP contribution is 2.21. The quantitative estimate of drug-likeness (QED) is 0.798. The van der Waals surface area contributed by atoms with E-state index in [-0.39, 0.29) is 12.6 Å². The number of fused-ring (bicyclic) bond motifs is 1. The molecule has 5 nitrogen and oxygen atoms in total. The Bertz CT molecular complexity index is 504. The number of aryl methyl sites for hydroxylation is 1. The second-order valence-electron chi connectivity index (χ2n) is 3.19. The number of rotatable bonds is 3. The fourth-order valence-corrected chi connectivity index (χ4v) is 1.31. The molecule has 0 radical (unpaired) electrons. The van der Waals surface area contributed by atoms with Gasteiger partial charge in [0.05, 0.1) is 0 Å². The standard InChI is InChI=1S/C10H10N2O3/c1-6-3-2-4-7-9(6)15-10(12-7)11-5-8(13)14/h2-4H,5H2,1H3,(H,11,12)(H,13,14). The molecule has 15 heavy (non-hydrogen) atoms. The first-order chi connectivity index (χ1) is 7.16. The zero-order chi connectivity index (χ0) is 10.8. The zero-order valence-electron chi connectivity index (χ0n) is 8.15. The van der Waals surface area contributed by atoms with Crippen LogP contribution in [-0.4, -0.2) is 22.6 Å². The smallest absolute Gasteiger partial charge is 0.323 e. The maximum atomic E-state index is 10.3. The van der Waals surface area contributed by atoms with Gasteiger partial charge in [-0.3, -0.25) is 4.79 Å². The highest BCUT2D eigenvalue weighted by Gasteiger charge is 2.07. The Morgan fingerprint density at radius 1 is 1.60 bits per heavy atom. The van der Waals surface area contributed by atoms with Gasteiger partial charge in [-0.05, 0) is 18.6 Å². The first-order valence-corrected chi connectivity index (χ1v) is 4.48. The third kappa shape index (κ3) is 1.90. The molecular formula is C10H10N2O3. The number of hydrogen-bond donors (Lipinski definition) is 2. The maximum absolute atomic E-state index is 10.3. The summed E-state index contributed by atoms with van der Waals surface area (Å²) < 4.78 is 5.36. The molecule has 0 spiro atoms. The molecule has 0 aliphatic rings. The summed E-state index contributed by atoms with van der Waals surface area (Å²) in [5, 5.41) is 11.1. The zero-order valence-corrected chi connectivity index (χ0v) is 8.15. The van der Waals surface area contributed by atoms with Crippen molar-refractivity contribution in [3.8, 4) is 0 Å². The van der Waals surface area contributed by atoms with Crippen LogP contribution in [0.15, 0.2) is 22.6 Å². The Morgan fingerprint density at radius 2 is 2.40 bits per heavy atom. The Kier molecular flexibility index (Phi) is 2.29. The highest BCUT2D eigenvalue weighted by molar-refractivity contribution is 5.78. The average molecular weight is 206 g/mol. The molecular weight excluding hydrogens is 196 g/mol. The molecule has 0 bridgehead atoms. The van der Waals surface area contributed by atoms with Crippen molar-refractivity contribution in [1.29, 1.82) is 0 Å². The predicted octanol–water partition coefficient (Wildman–Crippen LogP) is 1.63. The van der Waals surface area contributed by atoms with Crippen molar-refractivity contribution < 1.29 is 14.3 Å². The lowest BCUT2D eigenvalue weighted by atomic mass is 10.2. The van der Waals surface area contributed by atoms with Crippen molar-refractivity contribution >= 4 is 23.1 Å². The van der Waals surface area contributed by atoms with Crippen LogP contribution in [0.25, 0.3) is 11.1 Å². The number of anilines is 1. The molecule has 2 rings (SSSR count). The van der Waals surface area contributed by atoms with Gasteiger partial charge in [0.25, 0.3) is 6.01 Å². The summed E-state index contributed by atoms with van der Waals surface area (Å²) in [6.45, 7) is 1.71. The molecule has 0 aliphatic heterocycles. The van der Waals surface area contributed by atoms with Gasteiger partial charge in [-0.1, -0.05) is 12.1 Å². The number of hydrogen-bond acceptors (Lipinski definition) is 4. The lowest BCUT2D eigenvalue weighted by molar-refractivity contribution is -0.134. The third-order valence-corrected chi connectivity index (χ3v) is 2.00. The number of benzene rings is 1. The van der Waals surface area contributed by atoms with E-state index in [1.807, 2.05) is 25.1 Å². The summed E-state index contributed by atoms with van der Waals surface area (Å²) in [6, 6.07) is 5.84. The van der Waals surface area contributed by atoms with Crippen LogP contribution in [0.5, 0.6) is 0 Å². The normalized spacial score (nSPS) is 10.5. The largest absolute Gasteiger partial charge is 0.480 e. The monoisotopic (exact) mass is 206 g/mol. The highest BCUT2D eigenvalue weighted by atomic mass is 16.4. The number of aliphatic carboxylic acids is 1. The fourth-order valence-electron chi connectivity index (χ4n) is 1.31. The minimum Gasteiger partial charge on any atom is -0.480 e. The number of carboxylic acids is 1. The molecule has 0 fully saturated rings. The molecule has 1 aromatic carbocycles. The first kappa shape index (κ1) is 9.51. The van der Waals surface area contributed by atoms with Gasteiger partial charge >= 0.3 is 5.97 Å². The molecule has 78 valence electrons. The number of nitrogens with one attached hydrogen (secondary N) is 1. The molecule has 0 atom stereocenters. The number of nitrogens with zero attached hydrogens (tertiary/aromatic N) is 1. The molecule has 0 amide bonds. The fraction of sp³-hybridized carbons (Fsp3) is 0.200. The van der Waals surface area contributed by atoms with Gasteiger partial charge in [0.1, 0.15) is 12.1 Å². The Balaban J connectivity index is 2.31. The lowest BCUT2D eigenvalue weighted by Crippen LogP contribution is -2.12. The molecule has 0 unspecified atom stereocenters. The molecule has 0 aliphatic carbocycles. The summed E-state index contributed by atoms with van der Waals surface area (Å²) in [6.07, 6.45) is 0. The summed E-state index contributed by atoms with van der Waals surface area (Å²) in [7, 11) is 0. The molecule has 0 saturated carbocycles. The van der Waals surface area contributed by atoms with Crippen molar-refractivity contribution in [3.05, 3.63) is 23.8 Å². The Hall–Kier alpha value is -2.04. The molecule has 2 aromatic rings. The lowest BCUT2D eigenvalue weighted by Gasteiger charge is -1.94. The van der Waals surface area contributed by atoms with Crippen molar-refractivity contribution in [1.82, 2.24) is 4.98 Å². The topological polar surface area (TPSA) is 75.4 Å². The van der Waals surface area contributed by atoms with Gasteiger partial charge in [-0.2, -0.15) is 4.98 Å². The van der Waals surface area contributed by atoms with E-state index in [4.69, 9.17) is 9.52 Å². The Morgan fingerprint density at radius 3 is 3.07 bits per heavy atom. The number of aromatic nitrogens is 1. The van der Waals surface area contributed by atoms with Gasteiger partial charge in [0.2, 0.25) is 0 Å². The van der Waals surface area contributed by atoms with Crippen LogP contribution >= 0.6 is 0 Å². The molecule has 1 aromatic heterocycles. The van der Waals surface area contributed by atoms with Gasteiger partial charge in [0, 0.05) is 0 Å². The van der Waals surface area contributed by atoms with E-state index in [1.54, 1.807) is 0 Å². The van der Waals surface area contributed by atoms with E-state index < -0.39 is 5.97 Å². The second kappa shape index (κ2) is 3.61. The van der Waals surface area contributed by atoms with Gasteiger partial charge in [-0.25, -0.2) is 0 Å². The molecule has 2 N–H and O–H groups in total. The van der Waals surface area contributed by atoms with Crippen LogP contribution in [0.1, 0.15) is 5.56 Å². The summed E-state index contributed by atoms with van der Waals surface area (Å²) in [4.78, 5) is 14.4. The second-order valence-corrected chi connectivity index (χ2v) is 3.19. The number of carbonyl (C=O) groups is 1. The SMILES string of the molecule is Cc1cccc2nc(NCC(=O)O)oc12. The number of oxazole rings is 1. The van der Waals surface area contributed by atoms with E-state index >= 15 is 0 Å². The van der Waals surface area contributed by atoms with Gasteiger partial charge in [0.15, 0.2) is 5.58 Å². The van der Waals surface area contributed by atoms with Crippen molar-refractivity contribution in [2.45, 2.75) is 6.92 Å². The van der Waals surface area contributed by atoms with Crippen LogP contribution in [0.3, 0.4) is 0 Å². The number of carboxylic acid groups (broad SMARTS) is 1. The van der Waals surface area contributed by atoms with Crippen LogP contribution in [-0.2, 0) is 4.79 Å². The first-order valence-electron chi connectivity index (χ1n) is 4.48. The predicted molar refractivity (Wildman–Crippen MR) is 54.9 cm³/mol. The van der Waals surface area contributed by atoms with Crippen LogP contribution in [0.4, 0.5) is 6.01 Å². The summed E-state index contributed by atoms with van der Waals surface area (Å²) in [5.74, 6) is -0.950. The van der Waals surface area contributed by atoms with Crippen molar-refractivity contribution in [2.75, 3.05) is 11.9 Å². The van der Waals surface area contributed by atoms with E-state index in [2.05, 4.69) is 10.3 Å². The molecule has 1 heterocycles.